The lowest BCUT2D eigenvalue weighted by molar-refractivity contribution is -0.140. The molecular weight excluding hydrogens is 400 g/mol. The fraction of sp³-hybridized carbons (Fsp3) is 0.421. The lowest BCUT2D eigenvalue weighted by Crippen LogP contribution is -2.40. The fourth-order valence-corrected chi connectivity index (χ4v) is 5.63. The maximum absolute atomic E-state index is 12.9. The van der Waals surface area contributed by atoms with Crippen molar-refractivity contribution in [2.75, 3.05) is 6.79 Å². The van der Waals surface area contributed by atoms with Crippen LogP contribution in [0.4, 0.5) is 0 Å². The first kappa shape index (κ1) is 15.0. The number of benzene rings is 1. The highest BCUT2D eigenvalue weighted by atomic mass is 79.9. The van der Waals surface area contributed by atoms with Crippen LogP contribution < -0.4 is 9.47 Å². The first-order valence-electron chi connectivity index (χ1n) is 8.83. The van der Waals surface area contributed by atoms with Crippen LogP contribution in [0.3, 0.4) is 0 Å². The summed E-state index contributed by atoms with van der Waals surface area (Å²) in [6.07, 6.45) is 7.01. The number of nitrogens with zero attached hydrogens (tertiary/aromatic N) is 2. The van der Waals surface area contributed by atoms with E-state index in [1.807, 2.05) is 0 Å². The minimum atomic E-state index is -0.224. The zero-order valence-corrected chi connectivity index (χ0v) is 15.3. The van der Waals surface area contributed by atoms with Crippen LogP contribution in [0.15, 0.2) is 33.9 Å². The summed E-state index contributed by atoms with van der Waals surface area (Å²) in [5.41, 5.74) is 0.730. The zero-order valence-electron chi connectivity index (χ0n) is 13.7. The van der Waals surface area contributed by atoms with Crippen LogP contribution >= 0.6 is 15.9 Å². The van der Waals surface area contributed by atoms with Crippen LogP contribution in [0.1, 0.15) is 12.0 Å². The maximum atomic E-state index is 12.9. The third-order valence-electron chi connectivity index (χ3n) is 6.44. The predicted octanol–water partition coefficient (Wildman–Crippen LogP) is 2.56. The van der Waals surface area contributed by atoms with Gasteiger partial charge in [-0.25, -0.2) is 0 Å². The van der Waals surface area contributed by atoms with E-state index in [0.717, 1.165) is 21.5 Å². The number of hydrazone groups is 1. The number of hydrogen-bond donors (Lipinski definition) is 0. The van der Waals surface area contributed by atoms with Gasteiger partial charge in [0.2, 0.25) is 6.79 Å². The Labute approximate surface area is 157 Å². The summed E-state index contributed by atoms with van der Waals surface area (Å²) in [4.78, 5) is 25.8. The van der Waals surface area contributed by atoms with Gasteiger partial charge in [0.15, 0.2) is 11.5 Å². The summed E-state index contributed by atoms with van der Waals surface area (Å²) in [7, 11) is 0. The van der Waals surface area contributed by atoms with E-state index in [0.29, 0.717) is 23.3 Å². The molecule has 4 aliphatic carbocycles. The van der Waals surface area contributed by atoms with Gasteiger partial charge in [-0.1, -0.05) is 12.2 Å². The number of halogens is 1. The van der Waals surface area contributed by atoms with E-state index in [1.54, 1.807) is 12.1 Å². The fourth-order valence-electron chi connectivity index (χ4n) is 5.21. The molecule has 3 fully saturated rings. The van der Waals surface area contributed by atoms with Gasteiger partial charge in [-0.3, -0.25) is 9.59 Å². The van der Waals surface area contributed by atoms with E-state index >= 15 is 0 Å². The Morgan fingerprint density at radius 1 is 1.04 bits per heavy atom. The molecule has 2 aliphatic heterocycles. The minimum absolute atomic E-state index is 0.155. The van der Waals surface area contributed by atoms with Crippen molar-refractivity contribution in [2.24, 2.45) is 40.6 Å². The molecule has 1 saturated heterocycles. The van der Waals surface area contributed by atoms with Crippen molar-refractivity contribution in [3.05, 3.63) is 34.3 Å². The van der Waals surface area contributed by atoms with Gasteiger partial charge < -0.3 is 9.47 Å². The second kappa shape index (κ2) is 4.97. The molecule has 132 valence electrons. The predicted molar refractivity (Wildman–Crippen MR) is 94.4 cm³/mol. The van der Waals surface area contributed by atoms with Crippen molar-refractivity contribution in [3.8, 4) is 11.5 Å². The lowest BCUT2D eigenvalue weighted by atomic mass is 9.63. The van der Waals surface area contributed by atoms with Gasteiger partial charge in [-0.05, 0) is 58.2 Å². The van der Waals surface area contributed by atoms with Crippen LogP contribution in [0.25, 0.3) is 0 Å². The quantitative estimate of drug-likeness (QED) is 0.423. The van der Waals surface area contributed by atoms with Crippen molar-refractivity contribution >= 4 is 34.0 Å². The van der Waals surface area contributed by atoms with Crippen LogP contribution in [0, 0.1) is 35.5 Å². The number of carbonyl (C=O) groups excluding carboxylic acids is 2. The molecule has 2 saturated carbocycles. The van der Waals surface area contributed by atoms with Crippen molar-refractivity contribution in [1.29, 1.82) is 0 Å². The molecule has 0 aromatic heterocycles. The third kappa shape index (κ3) is 1.84. The van der Waals surface area contributed by atoms with Gasteiger partial charge >= 0.3 is 0 Å². The molecule has 6 aliphatic rings. The van der Waals surface area contributed by atoms with Crippen LogP contribution in [0.2, 0.25) is 0 Å². The highest BCUT2D eigenvalue weighted by molar-refractivity contribution is 9.10. The van der Waals surface area contributed by atoms with E-state index in [4.69, 9.17) is 9.47 Å². The summed E-state index contributed by atoms with van der Waals surface area (Å²) in [5, 5.41) is 5.35. The number of rotatable bonds is 2. The molecule has 1 aromatic carbocycles. The Balaban J connectivity index is 1.32. The third-order valence-corrected chi connectivity index (χ3v) is 7.13. The summed E-state index contributed by atoms with van der Waals surface area (Å²) >= 11 is 3.47. The van der Waals surface area contributed by atoms with E-state index in [2.05, 4.69) is 33.2 Å². The highest BCUT2D eigenvalue weighted by Crippen LogP contribution is 2.65. The topological polar surface area (TPSA) is 68.2 Å². The van der Waals surface area contributed by atoms with E-state index < -0.39 is 0 Å². The van der Waals surface area contributed by atoms with Crippen molar-refractivity contribution in [3.63, 3.8) is 0 Å². The van der Waals surface area contributed by atoms with Gasteiger partial charge in [0.25, 0.3) is 11.8 Å². The summed E-state index contributed by atoms with van der Waals surface area (Å²) in [5.74, 6) is 2.14. The molecule has 6 atom stereocenters. The van der Waals surface area contributed by atoms with Crippen molar-refractivity contribution in [1.82, 2.24) is 5.01 Å². The van der Waals surface area contributed by atoms with Gasteiger partial charge in [-0.15, -0.1) is 0 Å². The lowest BCUT2D eigenvalue weighted by Gasteiger charge is -2.37. The largest absolute Gasteiger partial charge is 0.454 e. The van der Waals surface area contributed by atoms with E-state index in [-0.39, 0.29) is 42.3 Å². The molecule has 2 amide bonds. The smallest absolute Gasteiger partial charge is 0.254 e. The average molecular weight is 415 g/mol. The summed E-state index contributed by atoms with van der Waals surface area (Å²) in [6, 6.07) is 3.59. The van der Waals surface area contributed by atoms with Gasteiger partial charge in [0.05, 0.1) is 18.1 Å². The molecular formula is C19H15BrN2O4. The average Bonchev–Trinajstić information content (AvgIpc) is 3.29. The van der Waals surface area contributed by atoms with Crippen LogP contribution in [-0.4, -0.2) is 29.8 Å². The standard InChI is InChI=1S/C19H15BrN2O4/c20-13-5-15-14(25-7-26-15)3-8(13)6-21-22-18(23)16-9-1-2-10(12-4-11(9)12)17(16)19(22)24/h1-3,5-6,9-12,16-17H,4,7H2/t9-,10-,11-,12-,16-,17+/m0/s1. The Bertz CT molecular complexity index is 890. The molecule has 0 radical (unpaired) electrons. The first-order valence-corrected chi connectivity index (χ1v) is 9.62. The van der Waals surface area contributed by atoms with Crippen molar-refractivity contribution < 1.29 is 19.1 Å². The number of ether oxygens (including phenoxy) is 2. The number of hydrogen-bond acceptors (Lipinski definition) is 5. The van der Waals surface area contributed by atoms with E-state index in [1.165, 1.54) is 6.21 Å². The molecule has 6 nitrogen and oxygen atoms in total. The molecule has 26 heavy (non-hydrogen) atoms. The number of amides is 2. The van der Waals surface area contributed by atoms with Crippen molar-refractivity contribution in [2.45, 2.75) is 6.42 Å². The number of allylic oxidation sites excluding steroid dienone is 2. The first-order chi connectivity index (χ1) is 12.6. The second-order valence-electron chi connectivity index (χ2n) is 7.61. The normalized spacial score (nSPS) is 38.3. The molecule has 2 heterocycles. The monoisotopic (exact) mass is 414 g/mol. The molecule has 0 unspecified atom stereocenters. The highest BCUT2D eigenvalue weighted by Gasteiger charge is 2.67. The van der Waals surface area contributed by atoms with Crippen LogP contribution in [0.5, 0.6) is 11.5 Å². The second-order valence-corrected chi connectivity index (χ2v) is 8.47. The summed E-state index contributed by atoms with van der Waals surface area (Å²) in [6.45, 7) is 0.187. The number of fused-ring (bicyclic) bond motifs is 1. The Hall–Kier alpha value is -2.15. The SMILES string of the molecule is O=C1[C@@H]2[C@H]3C=C[C@@H]([C@@H]4C[C@@H]34)[C@@H]2C(=O)N1N=Cc1cc2c(cc1Br)OCO2. The minimum Gasteiger partial charge on any atom is -0.454 e. The number of imide groups is 1. The van der Waals surface area contributed by atoms with E-state index in [9.17, 15) is 9.59 Å². The van der Waals surface area contributed by atoms with Gasteiger partial charge in [0, 0.05) is 10.0 Å². The van der Waals surface area contributed by atoms with Gasteiger partial charge in [-0.2, -0.15) is 10.1 Å². The Morgan fingerprint density at radius 2 is 1.65 bits per heavy atom. The zero-order chi connectivity index (χ0) is 17.6. The molecule has 7 rings (SSSR count). The molecule has 2 bridgehead atoms. The summed E-state index contributed by atoms with van der Waals surface area (Å²) < 4.78 is 11.5. The molecule has 7 heteroatoms. The Kier molecular flexibility index (Phi) is 2.86. The molecule has 1 aromatic rings. The molecule has 0 spiro atoms. The number of carbonyl (C=O) groups is 2. The van der Waals surface area contributed by atoms with Crippen LogP contribution in [-0.2, 0) is 9.59 Å². The Morgan fingerprint density at radius 3 is 2.31 bits per heavy atom. The molecule has 0 N–H and O–H groups in total. The van der Waals surface area contributed by atoms with Gasteiger partial charge in [0.1, 0.15) is 0 Å². The maximum Gasteiger partial charge on any atom is 0.254 e.